The Balaban J connectivity index is 1.97. The highest BCUT2D eigenvalue weighted by Crippen LogP contribution is 1.94. The fourth-order valence-electron chi connectivity index (χ4n) is 1.40. The quantitative estimate of drug-likeness (QED) is 0.527. The molecule has 2 amide bonds. The number of carbonyl (C=O) groups is 1. The van der Waals surface area contributed by atoms with E-state index in [9.17, 15) is 4.79 Å². The SMILES string of the molecule is NCCNC(=O)NCCN1CCOCC1. The van der Waals surface area contributed by atoms with Gasteiger partial charge in [0.15, 0.2) is 0 Å². The molecule has 0 aliphatic carbocycles. The van der Waals surface area contributed by atoms with Crippen LogP contribution in [0.3, 0.4) is 0 Å². The van der Waals surface area contributed by atoms with E-state index in [1.807, 2.05) is 0 Å². The van der Waals surface area contributed by atoms with Crippen LogP contribution in [0.15, 0.2) is 0 Å². The van der Waals surface area contributed by atoms with Crippen molar-refractivity contribution in [2.45, 2.75) is 0 Å². The highest BCUT2D eigenvalue weighted by atomic mass is 16.5. The summed E-state index contributed by atoms with van der Waals surface area (Å²) in [5.74, 6) is 0. The zero-order valence-corrected chi connectivity index (χ0v) is 9.00. The van der Waals surface area contributed by atoms with E-state index < -0.39 is 0 Å². The average Bonchev–Trinajstić information content (AvgIpc) is 2.28. The highest BCUT2D eigenvalue weighted by molar-refractivity contribution is 5.73. The van der Waals surface area contributed by atoms with Crippen LogP contribution in [0.2, 0.25) is 0 Å². The summed E-state index contributed by atoms with van der Waals surface area (Å²) in [4.78, 5) is 13.4. The van der Waals surface area contributed by atoms with Crippen LogP contribution in [0.5, 0.6) is 0 Å². The van der Waals surface area contributed by atoms with Crippen molar-refractivity contribution >= 4 is 6.03 Å². The number of ether oxygens (including phenoxy) is 1. The van der Waals surface area contributed by atoms with Gasteiger partial charge in [-0.25, -0.2) is 4.79 Å². The van der Waals surface area contributed by atoms with Gasteiger partial charge in [-0.3, -0.25) is 4.90 Å². The van der Waals surface area contributed by atoms with Crippen LogP contribution in [0.1, 0.15) is 0 Å². The van der Waals surface area contributed by atoms with Gasteiger partial charge in [-0.15, -0.1) is 0 Å². The summed E-state index contributed by atoms with van der Waals surface area (Å²) in [7, 11) is 0. The lowest BCUT2D eigenvalue weighted by Crippen LogP contribution is -2.44. The van der Waals surface area contributed by atoms with Gasteiger partial charge in [0.1, 0.15) is 0 Å². The third kappa shape index (κ3) is 5.56. The second-order valence-corrected chi connectivity index (χ2v) is 3.43. The number of nitrogens with two attached hydrogens (primary N) is 1. The normalized spacial score (nSPS) is 17.4. The van der Waals surface area contributed by atoms with Gasteiger partial charge in [0, 0.05) is 39.3 Å². The first-order valence-electron chi connectivity index (χ1n) is 5.35. The van der Waals surface area contributed by atoms with E-state index in [0.717, 1.165) is 32.8 Å². The third-order valence-electron chi connectivity index (χ3n) is 2.25. The Morgan fingerprint density at radius 1 is 1.27 bits per heavy atom. The summed E-state index contributed by atoms with van der Waals surface area (Å²) >= 11 is 0. The minimum atomic E-state index is -0.145. The third-order valence-corrected chi connectivity index (χ3v) is 2.25. The Kier molecular flexibility index (Phi) is 6.06. The molecule has 0 radical (unpaired) electrons. The number of hydrogen-bond acceptors (Lipinski definition) is 4. The van der Waals surface area contributed by atoms with Gasteiger partial charge < -0.3 is 21.1 Å². The number of hydrogen-bond donors (Lipinski definition) is 3. The van der Waals surface area contributed by atoms with Crippen LogP contribution < -0.4 is 16.4 Å². The molecule has 1 aliphatic rings. The Morgan fingerprint density at radius 2 is 1.93 bits per heavy atom. The van der Waals surface area contributed by atoms with Gasteiger partial charge in [0.05, 0.1) is 13.2 Å². The number of urea groups is 1. The van der Waals surface area contributed by atoms with Gasteiger partial charge in [-0.2, -0.15) is 0 Å². The number of nitrogens with zero attached hydrogens (tertiary/aromatic N) is 1. The molecule has 1 aliphatic heterocycles. The Morgan fingerprint density at radius 3 is 2.60 bits per heavy atom. The molecule has 0 aromatic heterocycles. The van der Waals surface area contributed by atoms with E-state index in [-0.39, 0.29) is 6.03 Å². The number of nitrogens with one attached hydrogen (secondary N) is 2. The summed E-state index contributed by atoms with van der Waals surface area (Å²) in [5.41, 5.74) is 5.26. The van der Waals surface area contributed by atoms with Crippen LogP contribution in [0.4, 0.5) is 4.79 Å². The Bertz CT molecular complexity index is 183. The van der Waals surface area contributed by atoms with Crippen molar-refractivity contribution < 1.29 is 9.53 Å². The monoisotopic (exact) mass is 216 g/mol. The maximum atomic E-state index is 11.1. The van der Waals surface area contributed by atoms with Crippen LogP contribution in [-0.2, 0) is 4.74 Å². The minimum absolute atomic E-state index is 0.145. The highest BCUT2D eigenvalue weighted by Gasteiger charge is 2.09. The van der Waals surface area contributed by atoms with E-state index in [1.54, 1.807) is 0 Å². The Hall–Kier alpha value is -0.850. The van der Waals surface area contributed by atoms with Crippen LogP contribution in [0.25, 0.3) is 0 Å². The molecule has 0 atom stereocenters. The molecule has 0 unspecified atom stereocenters. The lowest BCUT2D eigenvalue weighted by Gasteiger charge is -2.26. The van der Waals surface area contributed by atoms with Crippen molar-refractivity contribution in [3.63, 3.8) is 0 Å². The van der Waals surface area contributed by atoms with E-state index in [1.165, 1.54) is 0 Å². The fourth-order valence-corrected chi connectivity index (χ4v) is 1.40. The first-order valence-corrected chi connectivity index (χ1v) is 5.35. The summed E-state index contributed by atoms with van der Waals surface area (Å²) in [6.45, 7) is 6.01. The molecule has 0 aromatic rings. The molecule has 6 nitrogen and oxygen atoms in total. The van der Waals surface area contributed by atoms with Gasteiger partial charge in [0.25, 0.3) is 0 Å². The number of amides is 2. The molecular formula is C9H20N4O2. The topological polar surface area (TPSA) is 79.6 Å². The maximum absolute atomic E-state index is 11.1. The molecule has 15 heavy (non-hydrogen) atoms. The number of morpholine rings is 1. The zero-order chi connectivity index (χ0) is 10.9. The van der Waals surface area contributed by atoms with Crippen molar-refractivity contribution in [2.24, 2.45) is 5.73 Å². The molecule has 6 heteroatoms. The maximum Gasteiger partial charge on any atom is 0.314 e. The summed E-state index contributed by atoms with van der Waals surface area (Å²) in [5, 5.41) is 5.43. The second-order valence-electron chi connectivity index (χ2n) is 3.43. The molecular weight excluding hydrogens is 196 g/mol. The van der Waals surface area contributed by atoms with Gasteiger partial charge >= 0.3 is 6.03 Å². The van der Waals surface area contributed by atoms with E-state index in [4.69, 9.17) is 10.5 Å². The average molecular weight is 216 g/mol. The predicted octanol–water partition coefficient (Wildman–Crippen LogP) is -1.42. The first kappa shape index (κ1) is 12.2. The standard InChI is InChI=1S/C9H20N4O2/c10-1-2-11-9(14)12-3-4-13-5-7-15-8-6-13/h1-8,10H2,(H2,11,12,14). The molecule has 4 N–H and O–H groups in total. The lowest BCUT2D eigenvalue weighted by molar-refractivity contribution is 0.0387. The largest absolute Gasteiger partial charge is 0.379 e. The van der Waals surface area contributed by atoms with E-state index >= 15 is 0 Å². The van der Waals surface area contributed by atoms with Gasteiger partial charge in [0.2, 0.25) is 0 Å². The van der Waals surface area contributed by atoms with Crippen LogP contribution >= 0.6 is 0 Å². The van der Waals surface area contributed by atoms with Crippen molar-refractivity contribution in [1.29, 1.82) is 0 Å². The fraction of sp³-hybridized carbons (Fsp3) is 0.889. The molecule has 88 valence electrons. The zero-order valence-electron chi connectivity index (χ0n) is 9.00. The predicted molar refractivity (Wildman–Crippen MR) is 57.7 cm³/mol. The summed E-state index contributed by atoms with van der Waals surface area (Å²) in [6, 6.07) is -0.145. The molecule has 0 spiro atoms. The Labute approximate surface area is 90.1 Å². The van der Waals surface area contributed by atoms with Gasteiger partial charge in [-0.05, 0) is 0 Å². The summed E-state index contributed by atoms with van der Waals surface area (Å²) in [6.07, 6.45) is 0. The van der Waals surface area contributed by atoms with Crippen molar-refractivity contribution in [3.05, 3.63) is 0 Å². The van der Waals surface area contributed by atoms with Crippen molar-refractivity contribution in [1.82, 2.24) is 15.5 Å². The summed E-state index contributed by atoms with van der Waals surface area (Å²) < 4.78 is 5.22. The second kappa shape index (κ2) is 7.44. The molecule has 1 rings (SSSR count). The number of rotatable bonds is 5. The van der Waals surface area contributed by atoms with E-state index in [2.05, 4.69) is 15.5 Å². The van der Waals surface area contributed by atoms with Crippen LogP contribution in [0, 0.1) is 0 Å². The van der Waals surface area contributed by atoms with E-state index in [0.29, 0.717) is 19.6 Å². The molecule has 0 saturated carbocycles. The molecule has 1 saturated heterocycles. The first-order chi connectivity index (χ1) is 7.33. The van der Waals surface area contributed by atoms with Gasteiger partial charge in [-0.1, -0.05) is 0 Å². The molecule has 0 bridgehead atoms. The number of carbonyl (C=O) groups excluding carboxylic acids is 1. The minimum Gasteiger partial charge on any atom is -0.379 e. The van der Waals surface area contributed by atoms with Crippen molar-refractivity contribution in [3.8, 4) is 0 Å². The molecule has 1 fully saturated rings. The van der Waals surface area contributed by atoms with Crippen molar-refractivity contribution in [2.75, 3.05) is 52.5 Å². The lowest BCUT2D eigenvalue weighted by atomic mass is 10.4. The molecule has 0 aromatic carbocycles. The smallest absolute Gasteiger partial charge is 0.314 e. The molecule has 1 heterocycles. The van der Waals surface area contributed by atoms with Crippen LogP contribution in [-0.4, -0.2) is 63.4 Å².